The van der Waals surface area contributed by atoms with Crippen molar-refractivity contribution in [3.05, 3.63) is 0 Å². The molecule has 1 aliphatic rings. The average molecular weight is 246 g/mol. The van der Waals surface area contributed by atoms with Gasteiger partial charge in [-0.25, -0.2) is 0 Å². The Morgan fingerprint density at radius 2 is 2.20 bits per heavy atom. The molecule has 1 saturated carbocycles. The van der Waals surface area contributed by atoms with Gasteiger partial charge in [0, 0.05) is 19.0 Å². The monoisotopic (exact) mass is 246 g/mol. The second-order valence-corrected chi connectivity index (χ2v) is 5.95. The van der Waals surface area contributed by atoms with Crippen LogP contribution in [0, 0.1) is 0 Å². The van der Waals surface area contributed by atoms with E-state index in [2.05, 4.69) is 11.8 Å². The van der Waals surface area contributed by atoms with Crippen LogP contribution in [0.3, 0.4) is 0 Å². The Morgan fingerprint density at radius 3 is 2.73 bits per heavy atom. The molecular formula is C11H22N2S2. The van der Waals surface area contributed by atoms with Gasteiger partial charge >= 0.3 is 0 Å². The molecule has 15 heavy (non-hydrogen) atoms. The van der Waals surface area contributed by atoms with Crippen LogP contribution in [0.2, 0.25) is 0 Å². The van der Waals surface area contributed by atoms with Crippen molar-refractivity contribution in [2.24, 2.45) is 5.73 Å². The fourth-order valence-electron chi connectivity index (χ4n) is 1.68. The van der Waals surface area contributed by atoms with Gasteiger partial charge in [0.15, 0.2) is 0 Å². The van der Waals surface area contributed by atoms with Gasteiger partial charge in [-0.1, -0.05) is 19.1 Å². The first-order chi connectivity index (χ1) is 7.24. The van der Waals surface area contributed by atoms with Crippen molar-refractivity contribution < 1.29 is 0 Å². The van der Waals surface area contributed by atoms with Crippen LogP contribution < -0.4 is 5.73 Å². The maximum Gasteiger partial charge on any atom is 0.0740 e. The maximum absolute atomic E-state index is 5.54. The third-order valence-electron chi connectivity index (χ3n) is 2.65. The Hall–Kier alpha value is 0.200. The molecule has 1 rings (SSSR count). The van der Waals surface area contributed by atoms with E-state index in [1.807, 2.05) is 11.8 Å². The predicted octanol–water partition coefficient (Wildman–Crippen LogP) is 2.27. The van der Waals surface area contributed by atoms with Crippen LogP contribution in [0.25, 0.3) is 0 Å². The molecule has 0 aromatic heterocycles. The van der Waals surface area contributed by atoms with Crippen LogP contribution in [-0.4, -0.2) is 40.5 Å². The van der Waals surface area contributed by atoms with E-state index in [0.29, 0.717) is 4.99 Å². The van der Waals surface area contributed by atoms with Crippen molar-refractivity contribution in [1.82, 2.24) is 4.90 Å². The van der Waals surface area contributed by atoms with Gasteiger partial charge in [-0.05, 0) is 37.3 Å². The minimum atomic E-state index is 0.656. The van der Waals surface area contributed by atoms with Gasteiger partial charge in [0.2, 0.25) is 0 Å². The van der Waals surface area contributed by atoms with Crippen LogP contribution in [-0.2, 0) is 0 Å². The summed E-state index contributed by atoms with van der Waals surface area (Å²) in [6, 6.07) is 0.839. The van der Waals surface area contributed by atoms with Crippen molar-refractivity contribution in [2.45, 2.75) is 38.6 Å². The Balaban J connectivity index is 2.10. The first-order valence-electron chi connectivity index (χ1n) is 5.84. The zero-order valence-corrected chi connectivity index (χ0v) is 11.2. The molecule has 0 saturated heterocycles. The van der Waals surface area contributed by atoms with E-state index in [-0.39, 0.29) is 0 Å². The summed E-state index contributed by atoms with van der Waals surface area (Å²) in [6.07, 6.45) is 4.93. The number of thioether (sulfide) groups is 1. The van der Waals surface area contributed by atoms with Gasteiger partial charge < -0.3 is 5.73 Å². The van der Waals surface area contributed by atoms with Crippen LogP contribution in [0.15, 0.2) is 0 Å². The number of thiocarbonyl (C=S) groups is 1. The van der Waals surface area contributed by atoms with Crippen molar-refractivity contribution in [1.29, 1.82) is 0 Å². The molecule has 0 bridgehead atoms. The highest BCUT2D eigenvalue weighted by Crippen LogP contribution is 2.27. The lowest BCUT2D eigenvalue weighted by Crippen LogP contribution is -2.31. The van der Waals surface area contributed by atoms with Crippen molar-refractivity contribution in [3.63, 3.8) is 0 Å². The molecule has 1 aliphatic carbocycles. The smallest absolute Gasteiger partial charge is 0.0740 e. The molecule has 0 heterocycles. The van der Waals surface area contributed by atoms with Gasteiger partial charge in [0.25, 0.3) is 0 Å². The SMILES string of the molecule is CCSCCCN(CCC(N)=S)C1CC1. The van der Waals surface area contributed by atoms with E-state index < -0.39 is 0 Å². The summed E-state index contributed by atoms with van der Waals surface area (Å²) in [5.74, 6) is 2.52. The van der Waals surface area contributed by atoms with E-state index >= 15 is 0 Å². The summed E-state index contributed by atoms with van der Waals surface area (Å²) in [6.45, 7) is 4.51. The molecule has 0 aromatic carbocycles. The Morgan fingerprint density at radius 1 is 1.47 bits per heavy atom. The lowest BCUT2D eigenvalue weighted by Gasteiger charge is -2.21. The topological polar surface area (TPSA) is 29.3 Å². The standard InChI is InChI=1S/C11H22N2S2/c1-2-15-9-3-7-13(10-4-5-10)8-6-11(12)14/h10H,2-9H2,1H3,(H2,12,14). The number of hydrogen-bond acceptors (Lipinski definition) is 3. The second-order valence-electron chi connectivity index (χ2n) is 4.03. The van der Waals surface area contributed by atoms with Crippen LogP contribution >= 0.6 is 24.0 Å². The average Bonchev–Trinajstić information content (AvgIpc) is 3.00. The maximum atomic E-state index is 5.54. The van der Waals surface area contributed by atoms with E-state index in [0.717, 1.165) is 19.0 Å². The summed E-state index contributed by atoms with van der Waals surface area (Å²) >= 11 is 6.95. The van der Waals surface area contributed by atoms with Crippen molar-refractivity contribution in [3.8, 4) is 0 Å². The molecule has 0 radical (unpaired) electrons. The fraction of sp³-hybridized carbons (Fsp3) is 0.909. The Labute approximate surface area is 103 Å². The quantitative estimate of drug-likeness (QED) is 0.499. The van der Waals surface area contributed by atoms with Crippen LogP contribution in [0.4, 0.5) is 0 Å². The molecule has 1 fully saturated rings. The number of hydrogen-bond donors (Lipinski definition) is 1. The first kappa shape index (κ1) is 13.3. The van der Waals surface area contributed by atoms with Crippen LogP contribution in [0.1, 0.15) is 32.6 Å². The third kappa shape index (κ3) is 6.38. The highest BCUT2D eigenvalue weighted by atomic mass is 32.2. The lowest BCUT2D eigenvalue weighted by atomic mass is 10.3. The summed E-state index contributed by atoms with van der Waals surface area (Å²) < 4.78 is 0. The highest BCUT2D eigenvalue weighted by Gasteiger charge is 2.27. The summed E-state index contributed by atoms with van der Waals surface area (Å²) in [5, 5.41) is 0. The molecule has 2 N–H and O–H groups in total. The predicted molar refractivity (Wildman–Crippen MR) is 73.6 cm³/mol. The summed E-state index contributed by atoms with van der Waals surface area (Å²) in [4.78, 5) is 3.22. The van der Waals surface area contributed by atoms with E-state index in [9.17, 15) is 0 Å². The molecular weight excluding hydrogens is 224 g/mol. The summed E-state index contributed by atoms with van der Waals surface area (Å²) in [5.41, 5.74) is 5.54. The van der Waals surface area contributed by atoms with Crippen molar-refractivity contribution >= 4 is 29.0 Å². The summed E-state index contributed by atoms with van der Waals surface area (Å²) in [7, 11) is 0. The first-order valence-corrected chi connectivity index (χ1v) is 7.40. The molecule has 88 valence electrons. The van der Waals surface area contributed by atoms with Gasteiger partial charge in [0.05, 0.1) is 4.99 Å². The van der Waals surface area contributed by atoms with E-state index in [4.69, 9.17) is 18.0 Å². The largest absolute Gasteiger partial charge is 0.393 e. The normalized spacial score (nSPS) is 15.9. The lowest BCUT2D eigenvalue weighted by molar-refractivity contribution is 0.273. The molecule has 4 heteroatoms. The second kappa shape index (κ2) is 7.47. The molecule has 0 aromatic rings. The number of nitrogens with zero attached hydrogens (tertiary/aromatic N) is 1. The molecule has 2 nitrogen and oxygen atoms in total. The van der Waals surface area contributed by atoms with Gasteiger partial charge in [-0.3, -0.25) is 4.90 Å². The molecule has 0 atom stereocenters. The van der Waals surface area contributed by atoms with Gasteiger partial charge in [-0.15, -0.1) is 0 Å². The molecule has 0 aliphatic heterocycles. The molecule has 0 unspecified atom stereocenters. The fourth-order valence-corrected chi connectivity index (χ4v) is 2.40. The number of nitrogens with two attached hydrogens (primary N) is 1. The third-order valence-corrected chi connectivity index (χ3v) is 3.84. The van der Waals surface area contributed by atoms with E-state index in [1.165, 1.54) is 37.3 Å². The van der Waals surface area contributed by atoms with Crippen LogP contribution in [0.5, 0.6) is 0 Å². The zero-order valence-electron chi connectivity index (χ0n) is 9.58. The minimum absolute atomic E-state index is 0.656. The Kier molecular flexibility index (Phi) is 6.61. The minimum Gasteiger partial charge on any atom is -0.393 e. The van der Waals surface area contributed by atoms with Gasteiger partial charge in [-0.2, -0.15) is 11.8 Å². The highest BCUT2D eigenvalue weighted by molar-refractivity contribution is 7.99. The molecule has 0 spiro atoms. The van der Waals surface area contributed by atoms with Gasteiger partial charge in [0.1, 0.15) is 0 Å². The number of rotatable bonds is 9. The Bertz CT molecular complexity index is 193. The van der Waals surface area contributed by atoms with E-state index in [1.54, 1.807) is 0 Å². The zero-order chi connectivity index (χ0) is 11.1. The van der Waals surface area contributed by atoms with Crippen molar-refractivity contribution in [2.75, 3.05) is 24.6 Å². The molecule has 0 amide bonds.